The molecule has 60 valence electrons. The van der Waals surface area contributed by atoms with Crippen molar-refractivity contribution in [2.45, 2.75) is 33.1 Å². The monoisotopic (exact) mass is 160 g/mol. The molecular formula is C8H16OS. The molecule has 1 rings (SSSR count). The number of hydrogen-bond acceptors (Lipinski definition) is 1. The third-order valence-electron chi connectivity index (χ3n) is 2.52. The Hall–Kier alpha value is 0.150. The first-order chi connectivity index (χ1) is 4.66. The van der Waals surface area contributed by atoms with Crippen molar-refractivity contribution in [1.29, 1.82) is 0 Å². The van der Waals surface area contributed by atoms with Gasteiger partial charge in [0.25, 0.3) is 0 Å². The summed E-state index contributed by atoms with van der Waals surface area (Å²) >= 11 is 0. The van der Waals surface area contributed by atoms with Crippen LogP contribution < -0.4 is 0 Å². The van der Waals surface area contributed by atoms with Crippen LogP contribution in [-0.2, 0) is 10.8 Å². The van der Waals surface area contributed by atoms with E-state index in [1.54, 1.807) is 0 Å². The molecule has 2 unspecified atom stereocenters. The molecule has 2 atom stereocenters. The molecule has 1 heterocycles. The summed E-state index contributed by atoms with van der Waals surface area (Å²) in [5.74, 6) is 1.87. The Balaban J connectivity index is 2.53. The van der Waals surface area contributed by atoms with Gasteiger partial charge in [-0.1, -0.05) is 13.8 Å². The van der Waals surface area contributed by atoms with Crippen molar-refractivity contribution < 1.29 is 4.21 Å². The molecule has 1 aliphatic rings. The van der Waals surface area contributed by atoms with Gasteiger partial charge >= 0.3 is 0 Å². The second-order valence-corrected chi connectivity index (χ2v) is 5.13. The van der Waals surface area contributed by atoms with Crippen molar-refractivity contribution >= 4 is 10.8 Å². The van der Waals surface area contributed by atoms with Gasteiger partial charge in [0.2, 0.25) is 0 Å². The quantitative estimate of drug-likeness (QED) is 0.573. The van der Waals surface area contributed by atoms with Crippen molar-refractivity contribution in [3.05, 3.63) is 0 Å². The van der Waals surface area contributed by atoms with Gasteiger partial charge in [0.1, 0.15) is 0 Å². The lowest BCUT2D eigenvalue weighted by molar-refractivity contribution is 0.315. The van der Waals surface area contributed by atoms with Gasteiger partial charge in [-0.25, -0.2) is 0 Å². The SMILES string of the molecule is CCC1(C)CCCS(=O)C1. The van der Waals surface area contributed by atoms with E-state index in [-0.39, 0.29) is 0 Å². The number of hydrogen-bond donors (Lipinski definition) is 0. The van der Waals surface area contributed by atoms with Crippen LogP contribution in [0.1, 0.15) is 33.1 Å². The Bertz CT molecular complexity index is 144. The van der Waals surface area contributed by atoms with E-state index in [2.05, 4.69) is 13.8 Å². The van der Waals surface area contributed by atoms with E-state index < -0.39 is 10.8 Å². The maximum absolute atomic E-state index is 11.1. The molecule has 1 nitrogen and oxygen atoms in total. The highest BCUT2D eigenvalue weighted by atomic mass is 32.2. The van der Waals surface area contributed by atoms with E-state index in [1.165, 1.54) is 12.8 Å². The fourth-order valence-electron chi connectivity index (χ4n) is 1.47. The zero-order chi connectivity index (χ0) is 7.61. The predicted octanol–water partition coefficient (Wildman–Crippen LogP) is 1.95. The van der Waals surface area contributed by atoms with E-state index in [4.69, 9.17) is 0 Å². The normalized spacial score (nSPS) is 41.6. The largest absolute Gasteiger partial charge is 0.260 e. The van der Waals surface area contributed by atoms with Gasteiger partial charge < -0.3 is 0 Å². The van der Waals surface area contributed by atoms with Crippen molar-refractivity contribution in [2.75, 3.05) is 11.5 Å². The molecule has 0 N–H and O–H groups in total. The van der Waals surface area contributed by atoms with E-state index in [1.807, 2.05) is 0 Å². The molecule has 0 aromatic carbocycles. The summed E-state index contributed by atoms with van der Waals surface area (Å²) < 4.78 is 11.1. The lowest BCUT2D eigenvalue weighted by Crippen LogP contribution is -2.29. The average Bonchev–Trinajstić information content (AvgIpc) is 1.88. The van der Waals surface area contributed by atoms with E-state index in [0.29, 0.717) is 5.41 Å². The minimum atomic E-state index is -0.510. The predicted molar refractivity (Wildman–Crippen MR) is 45.5 cm³/mol. The average molecular weight is 160 g/mol. The summed E-state index contributed by atoms with van der Waals surface area (Å²) in [5.41, 5.74) is 0.392. The lowest BCUT2D eigenvalue weighted by atomic mass is 9.85. The minimum absolute atomic E-state index is 0.392. The fourth-order valence-corrected chi connectivity index (χ4v) is 3.21. The van der Waals surface area contributed by atoms with Crippen LogP contribution in [0, 0.1) is 5.41 Å². The first-order valence-electron chi connectivity index (χ1n) is 4.01. The molecule has 0 aromatic rings. The summed E-state index contributed by atoms with van der Waals surface area (Å²) in [7, 11) is -0.510. The highest BCUT2D eigenvalue weighted by molar-refractivity contribution is 7.85. The summed E-state index contributed by atoms with van der Waals surface area (Å²) in [6, 6.07) is 0. The number of rotatable bonds is 1. The second-order valence-electron chi connectivity index (χ2n) is 3.56. The third-order valence-corrected chi connectivity index (χ3v) is 4.28. The van der Waals surface area contributed by atoms with Gasteiger partial charge in [-0.2, -0.15) is 0 Å². The molecule has 0 saturated carbocycles. The molecule has 2 heteroatoms. The highest BCUT2D eigenvalue weighted by Crippen LogP contribution is 2.32. The van der Waals surface area contributed by atoms with Gasteiger partial charge in [0.15, 0.2) is 0 Å². The highest BCUT2D eigenvalue weighted by Gasteiger charge is 2.28. The van der Waals surface area contributed by atoms with Gasteiger partial charge in [0.05, 0.1) is 0 Å². The summed E-state index contributed by atoms with van der Waals surface area (Å²) in [4.78, 5) is 0. The molecule has 1 aliphatic heterocycles. The van der Waals surface area contributed by atoms with Crippen LogP contribution in [0.5, 0.6) is 0 Å². The van der Waals surface area contributed by atoms with Crippen LogP contribution in [0.4, 0.5) is 0 Å². The molecule has 0 aromatic heterocycles. The lowest BCUT2D eigenvalue weighted by Gasteiger charge is -2.31. The molecule has 1 fully saturated rings. The Morgan fingerprint density at radius 1 is 1.60 bits per heavy atom. The molecule has 1 saturated heterocycles. The van der Waals surface area contributed by atoms with E-state index in [9.17, 15) is 4.21 Å². The van der Waals surface area contributed by atoms with Gasteiger partial charge in [0, 0.05) is 22.3 Å². The maximum Gasteiger partial charge on any atom is 0.0288 e. The van der Waals surface area contributed by atoms with Crippen LogP contribution in [-0.4, -0.2) is 15.7 Å². The Morgan fingerprint density at radius 3 is 2.70 bits per heavy atom. The first-order valence-corrected chi connectivity index (χ1v) is 5.50. The molecule has 0 aliphatic carbocycles. The smallest absolute Gasteiger partial charge is 0.0288 e. The van der Waals surface area contributed by atoms with Crippen LogP contribution in [0.15, 0.2) is 0 Å². The second kappa shape index (κ2) is 3.04. The van der Waals surface area contributed by atoms with Gasteiger partial charge in [-0.3, -0.25) is 4.21 Å². The molecule has 0 spiro atoms. The van der Waals surface area contributed by atoms with Crippen LogP contribution in [0.3, 0.4) is 0 Å². The standard InChI is InChI=1S/C8H16OS/c1-3-8(2)5-4-6-10(9)7-8/h3-7H2,1-2H3. The zero-order valence-corrected chi connectivity index (χ0v) is 7.67. The molecule has 10 heavy (non-hydrogen) atoms. The van der Waals surface area contributed by atoms with Gasteiger partial charge in [-0.15, -0.1) is 0 Å². The van der Waals surface area contributed by atoms with Crippen molar-refractivity contribution in [3.8, 4) is 0 Å². The maximum atomic E-state index is 11.1. The minimum Gasteiger partial charge on any atom is -0.260 e. The summed E-state index contributed by atoms with van der Waals surface area (Å²) in [6.07, 6.45) is 3.62. The van der Waals surface area contributed by atoms with Crippen LogP contribution >= 0.6 is 0 Å². The van der Waals surface area contributed by atoms with Gasteiger partial charge in [-0.05, 0) is 24.7 Å². The molecule has 0 amide bonds. The van der Waals surface area contributed by atoms with Crippen LogP contribution in [0.2, 0.25) is 0 Å². The Kier molecular flexibility index (Phi) is 2.50. The third kappa shape index (κ3) is 1.82. The van der Waals surface area contributed by atoms with E-state index >= 15 is 0 Å². The van der Waals surface area contributed by atoms with E-state index in [0.717, 1.165) is 17.9 Å². The molecule has 0 bridgehead atoms. The van der Waals surface area contributed by atoms with Crippen LogP contribution in [0.25, 0.3) is 0 Å². The first kappa shape index (κ1) is 8.25. The van der Waals surface area contributed by atoms with Crippen molar-refractivity contribution in [1.82, 2.24) is 0 Å². The fraction of sp³-hybridized carbons (Fsp3) is 1.00. The van der Waals surface area contributed by atoms with Crippen molar-refractivity contribution in [3.63, 3.8) is 0 Å². The Labute approximate surface area is 65.7 Å². The zero-order valence-electron chi connectivity index (χ0n) is 6.85. The molecular weight excluding hydrogens is 144 g/mol. The summed E-state index contributed by atoms with van der Waals surface area (Å²) in [6.45, 7) is 4.45. The molecule has 0 radical (unpaired) electrons. The topological polar surface area (TPSA) is 17.1 Å². The van der Waals surface area contributed by atoms with Crippen molar-refractivity contribution in [2.24, 2.45) is 5.41 Å². The Morgan fingerprint density at radius 2 is 2.30 bits per heavy atom. The summed E-state index contributed by atoms with van der Waals surface area (Å²) in [5, 5.41) is 0.